The topological polar surface area (TPSA) is 50.4 Å². The molecule has 0 unspecified atom stereocenters. The first-order valence-electron chi connectivity index (χ1n) is 3.75. The third kappa shape index (κ3) is 7.25. The van der Waals surface area contributed by atoms with Gasteiger partial charge >= 0.3 is 0 Å². The number of aliphatic imine (C=N–C) groups is 1. The van der Waals surface area contributed by atoms with Crippen LogP contribution in [0.25, 0.3) is 0 Å². The van der Waals surface area contributed by atoms with Crippen LogP contribution in [0, 0.1) is 0 Å². The number of nitrogens with two attached hydrogens (primary N) is 1. The van der Waals surface area contributed by atoms with Crippen LogP contribution in [0.5, 0.6) is 0 Å². The summed E-state index contributed by atoms with van der Waals surface area (Å²) < 4.78 is 0. The minimum atomic E-state index is 0.485. The van der Waals surface area contributed by atoms with Gasteiger partial charge in [-0.15, -0.1) is 0 Å². The lowest BCUT2D eigenvalue weighted by atomic mass is 10.3. The van der Waals surface area contributed by atoms with Crippen LogP contribution in [0.3, 0.4) is 0 Å². The van der Waals surface area contributed by atoms with Gasteiger partial charge in [0.25, 0.3) is 0 Å². The Morgan fingerprint density at radius 2 is 2.27 bits per heavy atom. The van der Waals surface area contributed by atoms with Gasteiger partial charge in [0, 0.05) is 6.54 Å². The van der Waals surface area contributed by atoms with E-state index < -0.39 is 0 Å². The molecule has 3 nitrogen and oxygen atoms in total. The lowest BCUT2D eigenvalue weighted by molar-refractivity contribution is 0.756. The van der Waals surface area contributed by atoms with Gasteiger partial charge in [-0.05, 0) is 25.6 Å². The summed E-state index contributed by atoms with van der Waals surface area (Å²) in [5, 5.41) is 3.46. The predicted octanol–water partition coefficient (Wildman–Crippen LogP) is 1.04. The highest BCUT2D eigenvalue weighted by Crippen LogP contribution is 1.83. The SMILES string of the molecule is CCCCNC(=S)/N=C(/C)N. The number of hydrogen-bond acceptors (Lipinski definition) is 1. The average molecular weight is 173 g/mol. The fraction of sp³-hybridized carbons (Fsp3) is 0.714. The zero-order valence-electron chi connectivity index (χ0n) is 7.05. The van der Waals surface area contributed by atoms with E-state index in [-0.39, 0.29) is 0 Å². The Morgan fingerprint density at radius 3 is 2.73 bits per heavy atom. The van der Waals surface area contributed by atoms with E-state index in [4.69, 9.17) is 18.0 Å². The Morgan fingerprint density at radius 1 is 1.64 bits per heavy atom. The highest BCUT2D eigenvalue weighted by atomic mass is 32.1. The normalized spacial score (nSPS) is 11.3. The van der Waals surface area contributed by atoms with Crippen molar-refractivity contribution in [3.05, 3.63) is 0 Å². The smallest absolute Gasteiger partial charge is 0.194 e. The van der Waals surface area contributed by atoms with Crippen LogP contribution in [-0.2, 0) is 0 Å². The number of rotatable bonds is 3. The van der Waals surface area contributed by atoms with E-state index in [1.165, 1.54) is 0 Å². The van der Waals surface area contributed by atoms with Crippen molar-refractivity contribution in [1.29, 1.82) is 0 Å². The molecule has 11 heavy (non-hydrogen) atoms. The van der Waals surface area contributed by atoms with Gasteiger partial charge in [0.15, 0.2) is 5.11 Å². The van der Waals surface area contributed by atoms with E-state index in [1.807, 2.05) is 0 Å². The van der Waals surface area contributed by atoms with Crippen molar-refractivity contribution in [3.8, 4) is 0 Å². The van der Waals surface area contributed by atoms with Crippen LogP contribution in [0.2, 0.25) is 0 Å². The van der Waals surface area contributed by atoms with Gasteiger partial charge in [0.05, 0.1) is 5.84 Å². The molecule has 0 radical (unpaired) electrons. The molecule has 0 bridgehead atoms. The molecule has 0 saturated heterocycles. The van der Waals surface area contributed by atoms with Gasteiger partial charge in [-0.25, -0.2) is 4.99 Å². The molecule has 0 aromatic heterocycles. The standard InChI is InChI=1S/C7H15N3S/c1-3-4-5-9-7(11)10-6(2)8/h3-5H2,1-2H3,(H3,8,9,10,11). The molecule has 0 amide bonds. The maximum Gasteiger partial charge on any atom is 0.194 e. The van der Waals surface area contributed by atoms with Crippen LogP contribution in [0.4, 0.5) is 0 Å². The second-order valence-corrected chi connectivity index (χ2v) is 2.73. The Kier molecular flexibility index (Phi) is 5.74. The quantitative estimate of drug-likeness (QED) is 0.290. The van der Waals surface area contributed by atoms with Crippen molar-refractivity contribution in [2.24, 2.45) is 10.7 Å². The molecule has 0 fully saturated rings. The van der Waals surface area contributed by atoms with Crippen LogP contribution >= 0.6 is 12.2 Å². The van der Waals surface area contributed by atoms with E-state index in [1.54, 1.807) is 6.92 Å². The first kappa shape index (κ1) is 10.4. The summed E-state index contributed by atoms with van der Waals surface area (Å²) in [7, 11) is 0. The molecule has 4 heteroatoms. The van der Waals surface area contributed by atoms with Crippen molar-refractivity contribution < 1.29 is 0 Å². The molecule has 0 aliphatic carbocycles. The summed E-state index contributed by atoms with van der Waals surface area (Å²) >= 11 is 4.86. The number of amidine groups is 1. The predicted molar refractivity (Wildman–Crippen MR) is 52.8 cm³/mol. The van der Waals surface area contributed by atoms with E-state index in [9.17, 15) is 0 Å². The molecular weight excluding hydrogens is 158 g/mol. The van der Waals surface area contributed by atoms with Gasteiger partial charge in [0.2, 0.25) is 0 Å². The van der Waals surface area contributed by atoms with Gasteiger partial charge in [-0.2, -0.15) is 0 Å². The maximum absolute atomic E-state index is 5.32. The van der Waals surface area contributed by atoms with E-state index in [2.05, 4.69) is 17.2 Å². The van der Waals surface area contributed by atoms with Crippen molar-refractivity contribution in [2.45, 2.75) is 26.7 Å². The summed E-state index contributed by atoms with van der Waals surface area (Å²) in [6.45, 7) is 4.72. The van der Waals surface area contributed by atoms with Crippen LogP contribution in [0.15, 0.2) is 4.99 Å². The van der Waals surface area contributed by atoms with Crippen LogP contribution < -0.4 is 11.1 Å². The van der Waals surface area contributed by atoms with Crippen molar-refractivity contribution in [1.82, 2.24) is 5.32 Å². The third-order valence-electron chi connectivity index (χ3n) is 1.08. The number of nitrogens with one attached hydrogen (secondary N) is 1. The Labute approximate surface area is 73.1 Å². The summed E-state index contributed by atoms with van der Waals surface area (Å²) in [4.78, 5) is 3.86. The highest BCUT2D eigenvalue weighted by Gasteiger charge is 1.90. The van der Waals surface area contributed by atoms with Crippen molar-refractivity contribution in [3.63, 3.8) is 0 Å². The molecular formula is C7H15N3S. The first-order chi connectivity index (χ1) is 5.16. The largest absolute Gasteiger partial charge is 0.387 e. The third-order valence-corrected chi connectivity index (χ3v) is 1.32. The number of unbranched alkanes of at least 4 members (excludes halogenated alkanes) is 1. The monoisotopic (exact) mass is 173 g/mol. The van der Waals surface area contributed by atoms with Crippen molar-refractivity contribution >= 4 is 23.2 Å². The zero-order valence-corrected chi connectivity index (χ0v) is 7.87. The number of thiocarbonyl (C=S) groups is 1. The van der Waals surface area contributed by atoms with Gasteiger partial charge < -0.3 is 11.1 Å². The second-order valence-electron chi connectivity index (χ2n) is 2.34. The summed E-state index contributed by atoms with van der Waals surface area (Å²) in [6, 6.07) is 0. The van der Waals surface area contributed by atoms with Gasteiger partial charge in [0.1, 0.15) is 0 Å². The molecule has 3 N–H and O–H groups in total. The maximum atomic E-state index is 5.32. The molecule has 0 aliphatic heterocycles. The van der Waals surface area contributed by atoms with Crippen LogP contribution in [0.1, 0.15) is 26.7 Å². The Hall–Kier alpha value is -0.640. The minimum Gasteiger partial charge on any atom is -0.387 e. The van der Waals surface area contributed by atoms with Gasteiger partial charge in [-0.1, -0.05) is 13.3 Å². The molecule has 0 spiro atoms. The minimum absolute atomic E-state index is 0.485. The average Bonchev–Trinajstić information content (AvgIpc) is 1.86. The van der Waals surface area contributed by atoms with Gasteiger partial charge in [-0.3, -0.25) is 0 Å². The van der Waals surface area contributed by atoms with Crippen LogP contribution in [-0.4, -0.2) is 17.5 Å². The summed E-state index contributed by atoms with van der Waals surface area (Å²) in [5.74, 6) is 0.499. The Balaban J connectivity index is 3.46. The molecule has 0 aromatic rings. The molecule has 64 valence electrons. The van der Waals surface area contributed by atoms with E-state index in [0.29, 0.717) is 10.9 Å². The summed E-state index contributed by atoms with van der Waals surface area (Å²) in [5.41, 5.74) is 5.32. The molecule has 0 aromatic carbocycles. The first-order valence-corrected chi connectivity index (χ1v) is 4.16. The zero-order chi connectivity index (χ0) is 8.69. The molecule has 0 rings (SSSR count). The fourth-order valence-electron chi connectivity index (χ4n) is 0.572. The van der Waals surface area contributed by atoms with Crippen molar-refractivity contribution in [2.75, 3.05) is 6.54 Å². The van der Waals surface area contributed by atoms with E-state index >= 15 is 0 Å². The number of nitrogens with zero attached hydrogens (tertiary/aromatic N) is 1. The number of hydrogen-bond donors (Lipinski definition) is 2. The molecule has 0 aliphatic rings. The molecule has 0 saturated carbocycles. The second kappa shape index (κ2) is 6.09. The van der Waals surface area contributed by atoms with E-state index in [0.717, 1.165) is 19.4 Å². The lowest BCUT2D eigenvalue weighted by Crippen LogP contribution is -2.23. The molecule has 0 atom stereocenters. The Bertz CT molecular complexity index is 150. The fourth-order valence-corrected chi connectivity index (χ4v) is 0.818. The lowest BCUT2D eigenvalue weighted by Gasteiger charge is -2.01. The summed E-state index contributed by atoms with van der Waals surface area (Å²) in [6.07, 6.45) is 2.26. The highest BCUT2D eigenvalue weighted by molar-refractivity contribution is 7.80. The molecule has 0 heterocycles.